The summed E-state index contributed by atoms with van der Waals surface area (Å²) in [5.41, 5.74) is 16.3. The standard InChI is InChI=1S/C41H52N4O4S.C41H52N4O3S.C24H34O4.2CH4O3S/c1-5-7-22-48-23-24-49-38-15-10-32(11-16-38)33-12-19-40-35(25-33)26-34(9-8-21-44(40)28-31(3)4)41(46)43-36-13-17-39(18-14-36)50(47)29-37-27-42-30-45(37)20-6-2;1-5-7-22-47-23-24-48-38-15-10-32(11-16-38)33-12-19-40-35(25-33)26-34(9-8-21-44(40)28-31(3)4)41(46)43-36-13-17-39(18-14-36)49-29-37-27-42-30-45(37)20-6-2;1-3-5-15-25-17-19-27-23-11-7-21(8-12-23)22-9-13-24(14-10-22)28-20-18-26-16-6-4-2;2*1-5(2,3)4/h10-19,25-27,30-31H,5-9,20-24,28-29H2,1-4H3,(H,43,46);10-19,25-27,30-31H,5-9,20-24,28-29H2,1-4H3,(H,43,46);7-14H,3-6,15-20H2,1-2H3;2*1H3,(H,2,3,4). The quantitative estimate of drug-likeness (QED) is 0.0156. The molecule has 0 aliphatic carbocycles. The molecular weight excluding hydrogens is 1810 g/mol. The Morgan fingerprint density at radius 2 is 0.745 bits per heavy atom. The number of aromatic nitrogens is 4. The summed E-state index contributed by atoms with van der Waals surface area (Å²) < 4.78 is 115. The summed E-state index contributed by atoms with van der Waals surface area (Å²) in [6.45, 7) is 35.3. The highest BCUT2D eigenvalue weighted by molar-refractivity contribution is 7.98. The van der Waals surface area contributed by atoms with Gasteiger partial charge in [-0.25, -0.2) is 9.97 Å². The maximum atomic E-state index is 13.7. The van der Waals surface area contributed by atoms with Crippen molar-refractivity contribution in [2.45, 2.75) is 194 Å². The first-order valence-corrected chi connectivity index (χ1v) is 54.2. The number of ether oxygens (including phenoxy) is 8. The zero-order chi connectivity index (χ0) is 98.6. The van der Waals surface area contributed by atoms with Crippen LogP contribution in [-0.4, -0.2) is 179 Å². The number of rotatable bonds is 49. The van der Waals surface area contributed by atoms with E-state index in [1.54, 1.807) is 24.3 Å². The van der Waals surface area contributed by atoms with Gasteiger partial charge in [-0.2, -0.15) is 16.8 Å². The van der Waals surface area contributed by atoms with Gasteiger partial charge < -0.3 is 67.5 Å². The second kappa shape index (κ2) is 61.8. The molecule has 744 valence electrons. The van der Waals surface area contributed by atoms with Crippen LogP contribution >= 0.6 is 11.8 Å². The van der Waals surface area contributed by atoms with Crippen molar-refractivity contribution in [1.82, 2.24) is 19.1 Å². The molecular formula is C108H146N8O17S4. The fourth-order valence-corrected chi connectivity index (χ4v) is 16.8. The average Bonchev–Trinajstić information content (AvgIpc) is 1.50. The Labute approximate surface area is 821 Å². The van der Waals surface area contributed by atoms with Gasteiger partial charge in [-0.1, -0.05) is 156 Å². The normalized spacial score (nSPS) is 12.7. The van der Waals surface area contributed by atoms with Crippen molar-refractivity contribution in [3.63, 3.8) is 0 Å². The first kappa shape index (κ1) is 112. The van der Waals surface area contributed by atoms with E-state index in [9.17, 15) is 30.6 Å². The minimum atomic E-state index is -3.67. The number of carbonyl (C=O) groups is 2. The molecule has 137 heavy (non-hydrogen) atoms. The van der Waals surface area contributed by atoms with Gasteiger partial charge >= 0.3 is 0 Å². The SMILES string of the molecule is CCCCOCCOc1ccc(-c2ccc(OCCOCCCC)cc2)cc1.CCCCOCCOc1ccc(-c2ccc3c(c2)C=C(C(=O)Nc2ccc(S(=O)Cc4cncn4CCC)cc2)CCCN3CC(C)C)cc1.CCCCOCCOc1ccc(-c2ccc3c(c2)C=C(C(=O)Nc2ccc(SCc4cncn4CCC)cc2)CCCN3CC(C)C)cc1.CS(=O)(=O)O.CS(=O)(=O)O. The van der Waals surface area contributed by atoms with Crippen LogP contribution in [0.5, 0.6) is 23.0 Å². The molecule has 0 saturated heterocycles. The Balaban J connectivity index is 0.000000248. The molecule has 12 rings (SSSR count). The second-order valence-electron chi connectivity index (χ2n) is 34.5. The van der Waals surface area contributed by atoms with Gasteiger partial charge in [0, 0.05) is 133 Å². The Kier molecular flexibility index (Phi) is 50.4. The molecule has 4 heterocycles. The Morgan fingerprint density at radius 1 is 0.423 bits per heavy atom. The molecule has 2 aliphatic heterocycles. The van der Waals surface area contributed by atoms with E-state index >= 15 is 0 Å². The summed E-state index contributed by atoms with van der Waals surface area (Å²) in [7, 11) is -8.55. The summed E-state index contributed by atoms with van der Waals surface area (Å²) in [5, 5.41) is 6.27. The Bertz CT molecular complexity index is 5400. The number of benzene rings is 8. The number of hydrogen-bond donors (Lipinski definition) is 4. The lowest BCUT2D eigenvalue weighted by atomic mass is 9.96. The van der Waals surface area contributed by atoms with E-state index in [4.69, 9.17) is 47.0 Å². The monoisotopic (exact) mass is 1950 g/mol. The Hall–Kier alpha value is -10.4. The van der Waals surface area contributed by atoms with Crippen LogP contribution in [0.2, 0.25) is 0 Å². The van der Waals surface area contributed by atoms with Gasteiger partial charge in [0.1, 0.15) is 49.4 Å². The van der Waals surface area contributed by atoms with Crippen LogP contribution in [0, 0.1) is 11.8 Å². The number of carbonyl (C=O) groups excluding carboxylic acids is 2. The number of anilines is 4. The molecule has 0 radical (unpaired) electrons. The van der Waals surface area contributed by atoms with E-state index in [0.29, 0.717) is 95.1 Å². The van der Waals surface area contributed by atoms with Crippen molar-refractivity contribution in [3.05, 3.63) is 241 Å². The molecule has 0 saturated carbocycles. The molecule has 2 aromatic heterocycles. The number of fused-ring (bicyclic) bond motifs is 2. The van der Waals surface area contributed by atoms with Crippen molar-refractivity contribution < 1.29 is 77.6 Å². The topological polar surface area (TPSA) is 300 Å². The van der Waals surface area contributed by atoms with Crippen LogP contribution in [0.15, 0.2) is 228 Å². The van der Waals surface area contributed by atoms with Crippen LogP contribution < -0.4 is 39.4 Å². The van der Waals surface area contributed by atoms with Gasteiger partial charge in [0.05, 0.1) is 73.8 Å². The first-order valence-electron chi connectivity index (χ1n) is 48.2. The van der Waals surface area contributed by atoms with Crippen LogP contribution in [0.4, 0.5) is 22.7 Å². The average molecular weight is 1960 g/mol. The van der Waals surface area contributed by atoms with E-state index in [1.807, 2.05) is 97.5 Å². The van der Waals surface area contributed by atoms with Gasteiger partial charge in [-0.3, -0.25) is 22.9 Å². The lowest BCUT2D eigenvalue weighted by molar-refractivity contribution is -0.113. The van der Waals surface area contributed by atoms with Gasteiger partial charge in [-0.05, 0) is 254 Å². The van der Waals surface area contributed by atoms with E-state index in [-0.39, 0.29) is 11.8 Å². The molecule has 1 unspecified atom stereocenters. The summed E-state index contributed by atoms with van der Waals surface area (Å²) in [6.07, 6.45) is 27.2. The van der Waals surface area contributed by atoms with E-state index in [0.717, 1.165) is 260 Å². The summed E-state index contributed by atoms with van der Waals surface area (Å²) in [6, 6.07) is 61.4. The molecule has 8 aromatic carbocycles. The third-order valence-corrected chi connectivity index (χ3v) is 24.0. The third kappa shape index (κ3) is 43.2. The van der Waals surface area contributed by atoms with Crippen molar-refractivity contribution in [2.24, 2.45) is 11.8 Å². The van der Waals surface area contributed by atoms with Crippen molar-refractivity contribution >= 4 is 89.5 Å². The van der Waals surface area contributed by atoms with E-state index in [1.165, 1.54) is 11.4 Å². The molecule has 0 spiro atoms. The molecule has 4 N–H and O–H groups in total. The lowest BCUT2D eigenvalue weighted by Crippen LogP contribution is -2.30. The highest BCUT2D eigenvalue weighted by Crippen LogP contribution is 2.37. The maximum Gasteiger partial charge on any atom is 0.261 e. The third-order valence-electron chi connectivity index (χ3n) is 21.5. The zero-order valence-corrected chi connectivity index (χ0v) is 85.6. The smallest absolute Gasteiger partial charge is 0.261 e. The molecule has 0 fully saturated rings. The number of imidazole rings is 2. The lowest BCUT2D eigenvalue weighted by Gasteiger charge is -2.30. The minimum Gasteiger partial charge on any atom is -0.491 e. The number of nitrogens with one attached hydrogen (secondary N) is 2. The number of thioether (sulfide) groups is 1. The number of nitrogens with zero attached hydrogens (tertiary/aromatic N) is 6. The molecule has 10 aromatic rings. The minimum absolute atomic E-state index is 0.0438. The molecule has 2 aliphatic rings. The predicted molar refractivity (Wildman–Crippen MR) is 559 cm³/mol. The molecule has 25 nitrogen and oxygen atoms in total. The van der Waals surface area contributed by atoms with Crippen molar-refractivity contribution in [3.8, 4) is 56.4 Å². The molecule has 2 amide bonds. The van der Waals surface area contributed by atoms with Crippen molar-refractivity contribution in [1.29, 1.82) is 0 Å². The van der Waals surface area contributed by atoms with Crippen LogP contribution in [0.25, 0.3) is 45.5 Å². The van der Waals surface area contributed by atoms with Crippen LogP contribution in [-0.2, 0) is 84.2 Å². The van der Waals surface area contributed by atoms with Crippen LogP contribution in [0.1, 0.15) is 182 Å². The number of aryl methyl sites for hydroxylation is 2. The van der Waals surface area contributed by atoms with Gasteiger partial charge in [0.2, 0.25) is 0 Å². The highest BCUT2D eigenvalue weighted by Gasteiger charge is 2.24. The summed E-state index contributed by atoms with van der Waals surface area (Å²) in [4.78, 5) is 42.7. The fraction of sp³-hybridized carbons (Fsp3) is 0.444. The Morgan fingerprint density at radius 3 is 1.08 bits per heavy atom. The van der Waals surface area contributed by atoms with Gasteiger partial charge in [0.15, 0.2) is 0 Å². The van der Waals surface area contributed by atoms with E-state index < -0.39 is 31.0 Å². The fourth-order valence-electron chi connectivity index (χ4n) is 14.8. The summed E-state index contributed by atoms with van der Waals surface area (Å²) in [5.74, 6) is 5.53. The molecule has 1 atom stereocenters. The number of hydrogen-bond acceptors (Lipinski definition) is 20. The molecule has 0 bridgehead atoms. The van der Waals surface area contributed by atoms with Gasteiger partial charge in [-0.15, -0.1) is 11.8 Å². The zero-order valence-electron chi connectivity index (χ0n) is 82.3. The first-order chi connectivity index (χ1) is 66.1. The number of amides is 2. The second-order valence-corrected chi connectivity index (χ2v) is 39.9. The van der Waals surface area contributed by atoms with Gasteiger partial charge in [0.25, 0.3) is 32.1 Å². The largest absolute Gasteiger partial charge is 0.491 e. The van der Waals surface area contributed by atoms with Crippen LogP contribution in [0.3, 0.4) is 0 Å². The summed E-state index contributed by atoms with van der Waals surface area (Å²) >= 11 is 1.78. The number of unbranched alkanes of at least 4 members (excludes halogenated alkanes) is 4. The molecule has 29 heteroatoms. The predicted octanol–water partition coefficient (Wildman–Crippen LogP) is 23.2. The van der Waals surface area contributed by atoms with E-state index in [2.05, 4.69) is 218 Å². The highest BCUT2D eigenvalue weighted by atomic mass is 32.2. The van der Waals surface area contributed by atoms with Crippen molar-refractivity contribution in [2.75, 3.05) is 138 Å². The maximum absolute atomic E-state index is 13.7.